The number of methoxy groups -OCH3 is 1. The third-order valence-corrected chi connectivity index (χ3v) is 6.51. The van der Waals surface area contributed by atoms with Gasteiger partial charge < -0.3 is 20.9 Å². The molecule has 0 saturated heterocycles. The van der Waals surface area contributed by atoms with E-state index in [2.05, 4.69) is 14.7 Å². The van der Waals surface area contributed by atoms with Crippen LogP contribution in [0.25, 0.3) is 33.2 Å². The Morgan fingerprint density at radius 3 is 2.50 bits per heavy atom. The lowest BCUT2D eigenvalue weighted by atomic mass is 10.00. The highest BCUT2D eigenvalue weighted by atomic mass is 32.2. The number of anilines is 3. The van der Waals surface area contributed by atoms with E-state index in [0.717, 1.165) is 51.2 Å². The average Bonchev–Trinajstić information content (AvgIpc) is 2.88. The van der Waals surface area contributed by atoms with Gasteiger partial charge in [0.25, 0.3) is 0 Å². The van der Waals surface area contributed by atoms with Crippen molar-refractivity contribution in [3.8, 4) is 28.1 Å². The van der Waals surface area contributed by atoms with Gasteiger partial charge in [-0.25, -0.2) is 18.7 Å². The van der Waals surface area contributed by atoms with E-state index >= 15 is 0 Å². The van der Waals surface area contributed by atoms with Crippen molar-refractivity contribution >= 4 is 40.0 Å². The van der Waals surface area contributed by atoms with Crippen LogP contribution in [0.5, 0.6) is 5.88 Å². The van der Waals surface area contributed by atoms with Gasteiger partial charge in [0.05, 0.1) is 17.5 Å². The standard InChI is InChI=1S/C27H21F2N5OS/c1-35-27-24(34-36-25-9-7-18(28)13-21(25)29)12-17(14-32-27)15-6-8-23-16(10-15)11-20(26(31)33-23)19-4-2-3-5-22(19)30/h2-14,34H,30H2,1H3,(H2,31,33). The number of hydrogen-bond acceptors (Lipinski definition) is 7. The zero-order valence-electron chi connectivity index (χ0n) is 19.1. The first-order chi connectivity index (χ1) is 17.4. The highest BCUT2D eigenvalue weighted by molar-refractivity contribution is 8.00. The minimum atomic E-state index is -0.660. The highest BCUT2D eigenvalue weighted by Gasteiger charge is 2.13. The first-order valence-corrected chi connectivity index (χ1v) is 11.7. The fourth-order valence-electron chi connectivity index (χ4n) is 3.84. The Morgan fingerprint density at radius 1 is 0.889 bits per heavy atom. The number of para-hydroxylation sites is 1. The fourth-order valence-corrected chi connectivity index (χ4v) is 4.50. The molecule has 36 heavy (non-hydrogen) atoms. The SMILES string of the molecule is COc1ncc(-c2ccc3nc(N)c(-c4ccccc4N)cc3c2)cc1NSc1ccc(F)cc1F. The fraction of sp³-hybridized carbons (Fsp3) is 0.0370. The Kier molecular flexibility index (Phi) is 6.30. The molecule has 0 radical (unpaired) electrons. The van der Waals surface area contributed by atoms with Crippen molar-refractivity contribution in [3.05, 3.63) is 90.6 Å². The van der Waals surface area contributed by atoms with Crippen LogP contribution in [0.2, 0.25) is 0 Å². The topological polar surface area (TPSA) is 99.1 Å². The number of halogens is 2. The molecular formula is C27H21F2N5OS. The van der Waals surface area contributed by atoms with E-state index in [0.29, 0.717) is 23.1 Å². The van der Waals surface area contributed by atoms with Crippen molar-refractivity contribution < 1.29 is 13.5 Å². The van der Waals surface area contributed by atoms with E-state index in [1.807, 2.05) is 54.6 Å². The first-order valence-electron chi connectivity index (χ1n) is 10.9. The second kappa shape index (κ2) is 9.71. The Labute approximate surface area is 210 Å². The van der Waals surface area contributed by atoms with Gasteiger partial charge >= 0.3 is 0 Å². The molecule has 0 aliphatic carbocycles. The predicted octanol–water partition coefficient (Wildman–Crippen LogP) is 6.53. The van der Waals surface area contributed by atoms with Crippen molar-refractivity contribution in [3.63, 3.8) is 0 Å². The second-order valence-electron chi connectivity index (χ2n) is 7.98. The summed E-state index contributed by atoms with van der Waals surface area (Å²) in [6, 6.07) is 20.5. The van der Waals surface area contributed by atoms with E-state index < -0.39 is 11.6 Å². The number of ether oxygens (including phenoxy) is 1. The molecular weight excluding hydrogens is 480 g/mol. The summed E-state index contributed by atoms with van der Waals surface area (Å²) < 4.78 is 35.7. The molecule has 3 aromatic carbocycles. The molecule has 0 amide bonds. The van der Waals surface area contributed by atoms with Crippen LogP contribution in [0, 0.1) is 11.6 Å². The molecule has 2 aromatic heterocycles. The van der Waals surface area contributed by atoms with Gasteiger partial charge in [0, 0.05) is 40.0 Å². The molecule has 0 bridgehead atoms. The van der Waals surface area contributed by atoms with E-state index in [-0.39, 0.29) is 4.90 Å². The molecule has 9 heteroatoms. The summed E-state index contributed by atoms with van der Waals surface area (Å²) in [7, 11) is 1.50. The van der Waals surface area contributed by atoms with Gasteiger partial charge in [0.2, 0.25) is 5.88 Å². The minimum Gasteiger partial charge on any atom is -0.480 e. The van der Waals surface area contributed by atoms with Gasteiger partial charge in [0.1, 0.15) is 23.1 Å². The number of benzene rings is 3. The van der Waals surface area contributed by atoms with Crippen molar-refractivity contribution in [2.75, 3.05) is 23.3 Å². The lowest BCUT2D eigenvalue weighted by Gasteiger charge is -2.13. The van der Waals surface area contributed by atoms with Gasteiger partial charge in [-0.3, -0.25) is 0 Å². The molecule has 180 valence electrons. The zero-order valence-corrected chi connectivity index (χ0v) is 19.9. The monoisotopic (exact) mass is 501 g/mol. The molecule has 0 spiro atoms. The summed E-state index contributed by atoms with van der Waals surface area (Å²) in [5.41, 5.74) is 17.6. The van der Waals surface area contributed by atoms with Crippen LogP contribution in [0.4, 0.5) is 26.0 Å². The molecule has 0 fully saturated rings. The molecule has 0 unspecified atom stereocenters. The number of nitrogens with one attached hydrogen (secondary N) is 1. The summed E-state index contributed by atoms with van der Waals surface area (Å²) >= 11 is 1.000. The summed E-state index contributed by atoms with van der Waals surface area (Å²) in [6.07, 6.45) is 1.69. The number of nitrogens with zero attached hydrogens (tertiary/aromatic N) is 2. The normalized spacial score (nSPS) is 11.0. The van der Waals surface area contributed by atoms with Crippen molar-refractivity contribution in [1.82, 2.24) is 9.97 Å². The lowest BCUT2D eigenvalue weighted by molar-refractivity contribution is 0.400. The van der Waals surface area contributed by atoms with Crippen molar-refractivity contribution in [2.45, 2.75) is 4.90 Å². The number of nitrogen functional groups attached to an aromatic ring is 2. The van der Waals surface area contributed by atoms with Crippen molar-refractivity contribution in [2.24, 2.45) is 0 Å². The maximum atomic E-state index is 14.1. The summed E-state index contributed by atoms with van der Waals surface area (Å²) in [5, 5.41) is 0.882. The van der Waals surface area contributed by atoms with Gasteiger partial charge in [-0.1, -0.05) is 24.3 Å². The Hall–Kier alpha value is -4.37. The van der Waals surface area contributed by atoms with Gasteiger partial charge in [-0.05, 0) is 60.0 Å². The number of rotatable bonds is 6. The Bertz CT molecular complexity index is 1590. The minimum absolute atomic E-state index is 0.242. The van der Waals surface area contributed by atoms with Gasteiger partial charge in [-0.15, -0.1) is 0 Å². The van der Waals surface area contributed by atoms with Crippen LogP contribution in [-0.2, 0) is 0 Å². The molecule has 5 N–H and O–H groups in total. The Morgan fingerprint density at radius 2 is 1.72 bits per heavy atom. The van der Waals surface area contributed by atoms with Crippen LogP contribution in [0.15, 0.2) is 83.9 Å². The molecule has 0 aliphatic heterocycles. The maximum Gasteiger partial charge on any atom is 0.237 e. The molecule has 0 atom stereocenters. The van der Waals surface area contributed by atoms with E-state index in [4.69, 9.17) is 16.2 Å². The Balaban J connectivity index is 1.50. The first kappa shape index (κ1) is 23.4. The average molecular weight is 502 g/mol. The lowest BCUT2D eigenvalue weighted by Crippen LogP contribution is -1.98. The second-order valence-corrected chi connectivity index (χ2v) is 8.82. The van der Waals surface area contributed by atoms with Crippen LogP contribution in [-0.4, -0.2) is 17.1 Å². The zero-order chi connectivity index (χ0) is 25.2. The number of hydrogen-bond donors (Lipinski definition) is 3. The predicted molar refractivity (Wildman–Crippen MR) is 142 cm³/mol. The van der Waals surface area contributed by atoms with Gasteiger partial charge in [-0.2, -0.15) is 0 Å². The summed E-state index contributed by atoms with van der Waals surface area (Å²) in [6.45, 7) is 0. The largest absolute Gasteiger partial charge is 0.480 e. The van der Waals surface area contributed by atoms with Crippen LogP contribution in [0.1, 0.15) is 0 Å². The molecule has 0 saturated carbocycles. The number of pyridine rings is 2. The molecule has 0 aliphatic rings. The third kappa shape index (κ3) is 4.60. The molecule has 5 rings (SSSR count). The third-order valence-electron chi connectivity index (χ3n) is 5.64. The van der Waals surface area contributed by atoms with E-state index in [9.17, 15) is 8.78 Å². The van der Waals surface area contributed by atoms with E-state index in [1.54, 1.807) is 6.20 Å². The van der Waals surface area contributed by atoms with Crippen LogP contribution >= 0.6 is 11.9 Å². The molecule has 5 aromatic rings. The summed E-state index contributed by atoms with van der Waals surface area (Å²) in [5.74, 6) is -0.558. The number of nitrogens with two attached hydrogens (primary N) is 2. The maximum absolute atomic E-state index is 14.1. The van der Waals surface area contributed by atoms with Crippen LogP contribution in [0.3, 0.4) is 0 Å². The smallest absolute Gasteiger partial charge is 0.237 e. The van der Waals surface area contributed by atoms with Crippen LogP contribution < -0.4 is 20.9 Å². The van der Waals surface area contributed by atoms with Crippen molar-refractivity contribution in [1.29, 1.82) is 0 Å². The quantitative estimate of drug-likeness (QED) is 0.180. The highest BCUT2D eigenvalue weighted by Crippen LogP contribution is 2.36. The summed E-state index contributed by atoms with van der Waals surface area (Å²) in [4.78, 5) is 9.19. The molecule has 2 heterocycles. The number of fused-ring (bicyclic) bond motifs is 1. The van der Waals surface area contributed by atoms with E-state index in [1.165, 1.54) is 19.2 Å². The molecule has 6 nitrogen and oxygen atoms in total. The number of aromatic nitrogens is 2. The van der Waals surface area contributed by atoms with Gasteiger partial charge in [0.15, 0.2) is 0 Å².